The summed E-state index contributed by atoms with van der Waals surface area (Å²) in [5.74, 6) is 1.24. The van der Waals surface area contributed by atoms with Crippen LogP contribution in [-0.2, 0) is 0 Å². The normalized spacial score (nSPS) is 10.4. The molecular weight excluding hydrogens is 269 g/mol. The number of thioether (sulfide) groups is 1. The Hall–Kier alpha value is 1.04. The largest absolute Gasteiger partial charge is 0.316 e. The van der Waals surface area contributed by atoms with E-state index in [1.807, 2.05) is 11.8 Å². The fourth-order valence-corrected chi connectivity index (χ4v) is 1.71. The minimum atomic E-state index is 1.17. The van der Waals surface area contributed by atoms with E-state index < -0.39 is 0 Å². The molecule has 0 saturated heterocycles. The van der Waals surface area contributed by atoms with Crippen LogP contribution in [0.25, 0.3) is 0 Å². The van der Waals surface area contributed by atoms with Gasteiger partial charge in [0.1, 0.15) is 0 Å². The van der Waals surface area contributed by atoms with Crippen LogP contribution in [0.3, 0.4) is 0 Å². The van der Waals surface area contributed by atoms with Crippen LogP contribution in [0.2, 0.25) is 0 Å². The zero-order chi connectivity index (χ0) is 8.36. The van der Waals surface area contributed by atoms with Crippen molar-refractivity contribution < 1.29 is 0 Å². The van der Waals surface area contributed by atoms with Gasteiger partial charge in [0, 0.05) is 12.3 Å². The second-order valence-corrected chi connectivity index (χ2v) is 4.56. The number of rotatable bonds is 8. The van der Waals surface area contributed by atoms with E-state index in [0.717, 1.165) is 0 Å². The molecular formula is C8H18INS. The molecule has 0 saturated carbocycles. The second kappa shape index (κ2) is 11.0. The van der Waals surface area contributed by atoms with E-state index in [2.05, 4.69) is 34.2 Å². The lowest BCUT2D eigenvalue weighted by Gasteiger charge is -2.01. The zero-order valence-corrected chi connectivity index (χ0v) is 10.2. The molecule has 0 aliphatic rings. The molecule has 0 amide bonds. The van der Waals surface area contributed by atoms with Crippen molar-refractivity contribution in [3.05, 3.63) is 0 Å². The van der Waals surface area contributed by atoms with Crippen molar-refractivity contribution in [3.63, 3.8) is 0 Å². The molecule has 0 aliphatic heterocycles. The Morgan fingerprint density at radius 1 is 1.18 bits per heavy atom. The Labute approximate surface area is 88.2 Å². The first kappa shape index (κ1) is 12.0. The molecule has 0 atom stereocenters. The molecule has 0 rings (SSSR count). The summed E-state index contributed by atoms with van der Waals surface area (Å²) in [5, 5.41) is 3.42. The van der Waals surface area contributed by atoms with Crippen molar-refractivity contribution in [1.82, 2.24) is 5.32 Å². The van der Waals surface area contributed by atoms with Gasteiger partial charge in [-0.1, -0.05) is 29.0 Å². The quantitative estimate of drug-likeness (QED) is 0.418. The molecule has 0 aromatic carbocycles. The fourth-order valence-electron chi connectivity index (χ4n) is 0.820. The number of halogens is 1. The molecule has 0 heterocycles. The zero-order valence-electron chi connectivity index (χ0n) is 7.24. The SMILES string of the molecule is CSCCNCCCCCI. The third-order valence-corrected chi connectivity index (χ3v) is 2.85. The summed E-state index contributed by atoms with van der Waals surface area (Å²) in [6.07, 6.45) is 6.26. The van der Waals surface area contributed by atoms with Crippen LogP contribution in [0.15, 0.2) is 0 Å². The van der Waals surface area contributed by atoms with Gasteiger partial charge in [0.2, 0.25) is 0 Å². The Balaban J connectivity index is 2.69. The van der Waals surface area contributed by atoms with Crippen LogP contribution in [-0.4, -0.2) is 29.5 Å². The van der Waals surface area contributed by atoms with Gasteiger partial charge in [-0.15, -0.1) is 0 Å². The molecule has 0 aromatic heterocycles. The molecule has 0 aromatic rings. The molecule has 1 nitrogen and oxygen atoms in total. The van der Waals surface area contributed by atoms with Gasteiger partial charge < -0.3 is 5.32 Å². The molecule has 68 valence electrons. The summed E-state index contributed by atoms with van der Waals surface area (Å²) in [5.41, 5.74) is 0. The Morgan fingerprint density at radius 3 is 2.64 bits per heavy atom. The van der Waals surface area contributed by atoms with Gasteiger partial charge in [-0.2, -0.15) is 11.8 Å². The number of nitrogens with one attached hydrogen (secondary N) is 1. The number of hydrogen-bond acceptors (Lipinski definition) is 2. The first-order valence-corrected chi connectivity index (χ1v) is 7.09. The van der Waals surface area contributed by atoms with Gasteiger partial charge >= 0.3 is 0 Å². The fraction of sp³-hybridized carbons (Fsp3) is 1.00. The van der Waals surface area contributed by atoms with Crippen LogP contribution in [0.5, 0.6) is 0 Å². The third kappa shape index (κ3) is 11.0. The van der Waals surface area contributed by atoms with Gasteiger partial charge in [-0.25, -0.2) is 0 Å². The maximum absolute atomic E-state index is 3.42. The van der Waals surface area contributed by atoms with E-state index in [0.29, 0.717) is 0 Å². The van der Waals surface area contributed by atoms with E-state index >= 15 is 0 Å². The minimum absolute atomic E-state index is 1.17. The number of alkyl halides is 1. The average molecular weight is 287 g/mol. The molecule has 0 spiro atoms. The van der Waals surface area contributed by atoms with Crippen LogP contribution in [0.4, 0.5) is 0 Å². The van der Waals surface area contributed by atoms with Crippen LogP contribution in [0, 0.1) is 0 Å². The summed E-state index contributed by atoms with van der Waals surface area (Å²) in [6, 6.07) is 0. The summed E-state index contributed by atoms with van der Waals surface area (Å²) in [6.45, 7) is 2.38. The van der Waals surface area contributed by atoms with E-state index in [-0.39, 0.29) is 0 Å². The highest BCUT2D eigenvalue weighted by Gasteiger charge is 1.87. The summed E-state index contributed by atoms with van der Waals surface area (Å²) >= 11 is 4.34. The smallest absolute Gasteiger partial charge is 0.00553 e. The topological polar surface area (TPSA) is 12.0 Å². The first-order chi connectivity index (χ1) is 5.41. The summed E-state index contributed by atoms with van der Waals surface area (Å²) in [7, 11) is 0. The highest BCUT2D eigenvalue weighted by atomic mass is 127. The van der Waals surface area contributed by atoms with Gasteiger partial charge in [-0.3, -0.25) is 0 Å². The highest BCUT2D eigenvalue weighted by molar-refractivity contribution is 14.1. The van der Waals surface area contributed by atoms with Crippen LogP contribution < -0.4 is 5.32 Å². The Kier molecular flexibility index (Phi) is 12.1. The van der Waals surface area contributed by atoms with Crippen molar-refractivity contribution >= 4 is 34.4 Å². The maximum atomic E-state index is 3.42. The minimum Gasteiger partial charge on any atom is -0.316 e. The van der Waals surface area contributed by atoms with E-state index in [9.17, 15) is 0 Å². The molecule has 0 unspecified atom stereocenters. The lowest BCUT2D eigenvalue weighted by molar-refractivity contribution is 0.640. The lowest BCUT2D eigenvalue weighted by atomic mass is 10.2. The van der Waals surface area contributed by atoms with E-state index in [1.54, 1.807) is 0 Å². The standard InChI is InChI=1S/C8H18INS/c1-11-8-7-10-6-4-2-3-5-9/h10H,2-8H2,1H3. The number of unbranched alkanes of at least 4 members (excludes halogenated alkanes) is 2. The van der Waals surface area contributed by atoms with Gasteiger partial charge in [0.15, 0.2) is 0 Å². The van der Waals surface area contributed by atoms with Crippen molar-refractivity contribution in [3.8, 4) is 0 Å². The van der Waals surface area contributed by atoms with Crippen molar-refractivity contribution in [2.24, 2.45) is 0 Å². The monoisotopic (exact) mass is 287 g/mol. The number of hydrogen-bond donors (Lipinski definition) is 1. The van der Waals surface area contributed by atoms with Crippen molar-refractivity contribution in [2.75, 3.05) is 29.5 Å². The molecule has 0 bridgehead atoms. The highest BCUT2D eigenvalue weighted by Crippen LogP contribution is 1.97. The maximum Gasteiger partial charge on any atom is 0.00553 e. The molecule has 11 heavy (non-hydrogen) atoms. The molecule has 0 fully saturated rings. The first-order valence-electron chi connectivity index (χ1n) is 4.17. The average Bonchev–Trinajstić information content (AvgIpc) is 2.03. The Morgan fingerprint density at radius 2 is 2.00 bits per heavy atom. The van der Waals surface area contributed by atoms with Gasteiger partial charge in [-0.05, 0) is 30.1 Å². The van der Waals surface area contributed by atoms with Crippen molar-refractivity contribution in [2.45, 2.75) is 19.3 Å². The molecule has 3 heteroatoms. The molecule has 0 aliphatic carbocycles. The van der Waals surface area contributed by atoms with Gasteiger partial charge in [0.05, 0.1) is 0 Å². The second-order valence-electron chi connectivity index (χ2n) is 2.49. The predicted octanol–water partition coefficient (Wildman–Crippen LogP) is 2.54. The van der Waals surface area contributed by atoms with Gasteiger partial charge in [0.25, 0.3) is 0 Å². The molecule has 0 radical (unpaired) electrons. The van der Waals surface area contributed by atoms with E-state index in [1.165, 1.54) is 42.5 Å². The molecule has 1 N–H and O–H groups in total. The van der Waals surface area contributed by atoms with Crippen molar-refractivity contribution in [1.29, 1.82) is 0 Å². The van der Waals surface area contributed by atoms with Crippen LogP contribution >= 0.6 is 34.4 Å². The summed E-state index contributed by atoms with van der Waals surface area (Å²) < 4.78 is 1.31. The third-order valence-electron chi connectivity index (χ3n) is 1.47. The summed E-state index contributed by atoms with van der Waals surface area (Å²) in [4.78, 5) is 0. The predicted molar refractivity (Wildman–Crippen MR) is 64.0 cm³/mol. The Bertz CT molecular complexity index is 63.1. The van der Waals surface area contributed by atoms with Crippen LogP contribution in [0.1, 0.15) is 19.3 Å². The lowest BCUT2D eigenvalue weighted by Crippen LogP contribution is -2.18. The van der Waals surface area contributed by atoms with E-state index in [4.69, 9.17) is 0 Å².